The van der Waals surface area contributed by atoms with Crippen LogP contribution in [-0.2, 0) is 14.3 Å². The van der Waals surface area contributed by atoms with E-state index in [9.17, 15) is 9.59 Å². The van der Waals surface area contributed by atoms with Crippen LogP contribution in [0.5, 0.6) is 0 Å². The number of amides is 1. The number of ether oxygens (including phenoxy) is 1. The molecule has 0 aromatic heterocycles. The van der Waals surface area contributed by atoms with Gasteiger partial charge in [-0.15, -0.1) is 0 Å². The lowest BCUT2D eigenvalue weighted by Gasteiger charge is -2.27. The molecule has 5 nitrogen and oxygen atoms in total. The van der Waals surface area contributed by atoms with Gasteiger partial charge >= 0.3 is 5.97 Å². The van der Waals surface area contributed by atoms with Crippen LogP contribution in [0.25, 0.3) is 0 Å². The zero-order chi connectivity index (χ0) is 12.3. The Labute approximate surface area is 95.4 Å². The van der Waals surface area contributed by atoms with E-state index in [1.54, 1.807) is 7.11 Å². The quantitative estimate of drug-likeness (QED) is 0.777. The van der Waals surface area contributed by atoms with Gasteiger partial charge in [0.05, 0.1) is 12.0 Å². The van der Waals surface area contributed by atoms with E-state index >= 15 is 0 Å². The molecule has 0 aliphatic carbocycles. The second-order valence-corrected chi connectivity index (χ2v) is 4.72. The molecule has 1 atom stereocenters. The fraction of sp³-hybridized carbons (Fsp3) is 0.818. The first-order valence-electron chi connectivity index (χ1n) is 5.45. The standard InChI is InChI=1S/C11H19NO4/c1-11(2,16-3)7-9(13)12-6-4-5-8(12)10(14)15/h8H,4-7H2,1-3H3,(H,14,15)/t8-/m0/s1. The van der Waals surface area contributed by atoms with Crippen LogP contribution in [0.1, 0.15) is 33.1 Å². The number of hydrogen-bond donors (Lipinski definition) is 1. The molecule has 0 saturated carbocycles. The third-order valence-electron chi connectivity index (χ3n) is 2.99. The van der Waals surface area contributed by atoms with Gasteiger partial charge in [-0.3, -0.25) is 4.79 Å². The van der Waals surface area contributed by atoms with Gasteiger partial charge in [-0.05, 0) is 26.7 Å². The van der Waals surface area contributed by atoms with Crippen molar-refractivity contribution >= 4 is 11.9 Å². The van der Waals surface area contributed by atoms with Crippen molar-refractivity contribution in [2.24, 2.45) is 0 Å². The van der Waals surface area contributed by atoms with Crippen molar-refractivity contribution in [3.05, 3.63) is 0 Å². The Balaban J connectivity index is 2.63. The Morgan fingerprint density at radius 1 is 1.50 bits per heavy atom. The number of methoxy groups -OCH3 is 1. The van der Waals surface area contributed by atoms with Crippen LogP contribution >= 0.6 is 0 Å². The van der Waals surface area contributed by atoms with Crippen LogP contribution in [0.4, 0.5) is 0 Å². The number of aliphatic carboxylic acids is 1. The maximum absolute atomic E-state index is 11.9. The van der Waals surface area contributed by atoms with E-state index in [2.05, 4.69) is 0 Å². The van der Waals surface area contributed by atoms with Crippen molar-refractivity contribution in [2.45, 2.75) is 44.8 Å². The number of rotatable bonds is 4. The summed E-state index contributed by atoms with van der Waals surface area (Å²) in [6.45, 7) is 4.17. The summed E-state index contributed by atoms with van der Waals surface area (Å²) in [4.78, 5) is 24.3. The van der Waals surface area contributed by atoms with Gasteiger partial charge < -0.3 is 14.7 Å². The van der Waals surface area contributed by atoms with Gasteiger partial charge in [0.15, 0.2) is 0 Å². The van der Waals surface area contributed by atoms with Crippen LogP contribution in [0.15, 0.2) is 0 Å². The highest BCUT2D eigenvalue weighted by molar-refractivity contribution is 5.84. The lowest BCUT2D eigenvalue weighted by molar-refractivity contribution is -0.150. The van der Waals surface area contributed by atoms with E-state index in [0.717, 1.165) is 6.42 Å². The summed E-state index contributed by atoms with van der Waals surface area (Å²) in [7, 11) is 1.55. The topological polar surface area (TPSA) is 66.8 Å². The number of nitrogens with zero attached hydrogens (tertiary/aromatic N) is 1. The van der Waals surface area contributed by atoms with Crippen LogP contribution in [-0.4, -0.2) is 47.2 Å². The highest BCUT2D eigenvalue weighted by Gasteiger charge is 2.35. The largest absolute Gasteiger partial charge is 0.480 e. The minimum Gasteiger partial charge on any atom is -0.480 e. The van der Waals surface area contributed by atoms with E-state index in [4.69, 9.17) is 9.84 Å². The molecule has 5 heteroatoms. The Kier molecular flexibility index (Phi) is 3.91. The fourth-order valence-corrected chi connectivity index (χ4v) is 1.86. The summed E-state index contributed by atoms with van der Waals surface area (Å²) in [5.74, 6) is -1.06. The molecular weight excluding hydrogens is 210 g/mol. The van der Waals surface area contributed by atoms with E-state index in [1.807, 2.05) is 13.8 Å². The second kappa shape index (κ2) is 4.82. The first-order chi connectivity index (χ1) is 7.37. The SMILES string of the molecule is COC(C)(C)CC(=O)N1CCC[C@H]1C(=O)O. The van der Waals surface area contributed by atoms with Crippen LogP contribution in [0, 0.1) is 0 Å². The van der Waals surface area contributed by atoms with Crippen molar-refractivity contribution < 1.29 is 19.4 Å². The van der Waals surface area contributed by atoms with Crippen LogP contribution in [0.2, 0.25) is 0 Å². The maximum atomic E-state index is 11.9. The monoisotopic (exact) mass is 229 g/mol. The average Bonchev–Trinajstić information content (AvgIpc) is 2.65. The predicted molar refractivity (Wildman–Crippen MR) is 58.1 cm³/mol. The summed E-state index contributed by atoms with van der Waals surface area (Å²) < 4.78 is 5.17. The molecular formula is C11H19NO4. The van der Waals surface area contributed by atoms with Crippen molar-refractivity contribution in [1.82, 2.24) is 4.90 Å². The van der Waals surface area contributed by atoms with E-state index in [0.29, 0.717) is 13.0 Å². The lowest BCUT2D eigenvalue weighted by Crippen LogP contribution is -2.43. The lowest BCUT2D eigenvalue weighted by atomic mass is 10.0. The summed E-state index contributed by atoms with van der Waals surface area (Å²) >= 11 is 0. The highest BCUT2D eigenvalue weighted by atomic mass is 16.5. The van der Waals surface area contributed by atoms with Crippen molar-refractivity contribution in [2.75, 3.05) is 13.7 Å². The molecule has 1 amide bonds. The van der Waals surface area contributed by atoms with Crippen LogP contribution in [0.3, 0.4) is 0 Å². The molecule has 92 valence electrons. The first kappa shape index (κ1) is 13.0. The predicted octanol–water partition coefficient (Wildman–Crippen LogP) is 0.877. The third kappa shape index (κ3) is 2.95. The molecule has 1 heterocycles. The van der Waals surface area contributed by atoms with E-state index in [1.165, 1.54) is 4.90 Å². The number of carboxylic acids is 1. The van der Waals surface area contributed by atoms with Gasteiger partial charge in [-0.2, -0.15) is 0 Å². The third-order valence-corrected chi connectivity index (χ3v) is 2.99. The van der Waals surface area contributed by atoms with Crippen LogP contribution < -0.4 is 0 Å². The average molecular weight is 229 g/mol. The summed E-state index contributed by atoms with van der Waals surface area (Å²) in [5.41, 5.74) is -0.539. The van der Waals surface area contributed by atoms with Gasteiger partial charge in [-0.25, -0.2) is 4.79 Å². The van der Waals surface area contributed by atoms with Gasteiger partial charge in [0, 0.05) is 13.7 Å². The molecule has 0 aromatic rings. The molecule has 0 bridgehead atoms. The van der Waals surface area contributed by atoms with E-state index in [-0.39, 0.29) is 12.3 Å². The highest BCUT2D eigenvalue weighted by Crippen LogP contribution is 2.22. The Bertz CT molecular complexity index is 288. The Morgan fingerprint density at radius 3 is 2.62 bits per heavy atom. The molecule has 1 saturated heterocycles. The maximum Gasteiger partial charge on any atom is 0.326 e. The summed E-state index contributed by atoms with van der Waals surface area (Å²) in [5, 5.41) is 8.96. The molecule has 1 aliphatic rings. The van der Waals surface area contributed by atoms with Gasteiger partial charge in [0.25, 0.3) is 0 Å². The zero-order valence-corrected chi connectivity index (χ0v) is 10.0. The molecule has 1 rings (SSSR count). The molecule has 16 heavy (non-hydrogen) atoms. The van der Waals surface area contributed by atoms with Gasteiger partial charge in [-0.1, -0.05) is 0 Å². The molecule has 1 fully saturated rings. The van der Waals surface area contributed by atoms with E-state index < -0.39 is 17.6 Å². The van der Waals surface area contributed by atoms with Crippen molar-refractivity contribution in [1.29, 1.82) is 0 Å². The Hall–Kier alpha value is -1.10. The van der Waals surface area contributed by atoms with Crippen molar-refractivity contribution in [3.63, 3.8) is 0 Å². The van der Waals surface area contributed by atoms with Gasteiger partial charge in [0.1, 0.15) is 6.04 Å². The smallest absolute Gasteiger partial charge is 0.326 e. The number of carboxylic acid groups (broad SMARTS) is 1. The number of carbonyl (C=O) groups is 2. The molecule has 0 aromatic carbocycles. The minimum absolute atomic E-state index is 0.142. The number of hydrogen-bond acceptors (Lipinski definition) is 3. The molecule has 1 N–H and O–H groups in total. The first-order valence-corrected chi connectivity index (χ1v) is 5.45. The molecule has 0 radical (unpaired) electrons. The normalized spacial score (nSPS) is 21.2. The Morgan fingerprint density at radius 2 is 2.12 bits per heavy atom. The number of likely N-dealkylation sites (tertiary alicyclic amines) is 1. The van der Waals surface area contributed by atoms with Gasteiger partial charge in [0.2, 0.25) is 5.91 Å². The fourth-order valence-electron chi connectivity index (χ4n) is 1.86. The number of carbonyl (C=O) groups excluding carboxylic acids is 1. The molecule has 1 aliphatic heterocycles. The zero-order valence-electron chi connectivity index (χ0n) is 10.0. The summed E-state index contributed by atoms with van der Waals surface area (Å²) in [6.07, 6.45) is 1.53. The molecule has 0 spiro atoms. The molecule has 0 unspecified atom stereocenters. The summed E-state index contributed by atoms with van der Waals surface area (Å²) in [6, 6.07) is -0.653. The van der Waals surface area contributed by atoms with Crippen molar-refractivity contribution in [3.8, 4) is 0 Å². The second-order valence-electron chi connectivity index (χ2n) is 4.72. The minimum atomic E-state index is -0.916.